The Morgan fingerprint density at radius 2 is 2.08 bits per heavy atom. The van der Waals surface area contributed by atoms with E-state index >= 15 is 0 Å². The lowest BCUT2D eigenvalue weighted by Crippen LogP contribution is -2.24. The number of carbonyl (C=O) groups excluding carboxylic acids is 1. The van der Waals surface area contributed by atoms with Crippen molar-refractivity contribution >= 4 is 16.9 Å². The second kappa shape index (κ2) is 7.47. The molecule has 2 heterocycles. The number of hydrogen-bond donors (Lipinski definition) is 1. The van der Waals surface area contributed by atoms with Crippen molar-refractivity contribution in [3.05, 3.63) is 53.5 Å². The van der Waals surface area contributed by atoms with Gasteiger partial charge >= 0.3 is 6.61 Å². The highest BCUT2D eigenvalue weighted by Gasteiger charge is 2.13. The molecule has 0 aliphatic heterocycles. The number of amides is 1. The molecular weight excluding hydrogens is 342 g/mol. The van der Waals surface area contributed by atoms with Crippen molar-refractivity contribution in [3.8, 4) is 5.88 Å². The third-order valence-corrected chi connectivity index (χ3v) is 4.10. The number of carbonyl (C=O) groups is 1. The van der Waals surface area contributed by atoms with E-state index in [1.165, 1.54) is 18.3 Å². The van der Waals surface area contributed by atoms with Crippen LogP contribution >= 0.6 is 0 Å². The number of alkyl halides is 2. The third-order valence-electron chi connectivity index (χ3n) is 4.10. The fourth-order valence-corrected chi connectivity index (χ4v) is 2.84. The molecule has 6 nitrogen and oxygen atoms in total. The number of imidazole rings is 1. The molecule has 1 N–H and O–H groups in total. The number of ether oxygens (including phenoxy) is 1. The van der Waals surface area contributed by atoms with Crippen LogP contribution in [0.2, 0.25) is 0 Å². The fraction of sp³-hybridized carbons (Fsp3) is 0.278. The van der Waals surface area contributed by atoms with Gasteiger partial charge in [-0.1, -0.05) is 13.0 Å². The van der Waals surface area contributed by atoms with Crippen LogP contribution in [0.15, 0.2) is 36.8 Å². The van der Waals surface area contributed by atoms with Crippen LogP contribution in [0.3, 0.4) is 0 Å². The van der Waals surface area contributed by atoms with E-state index in [4.69, 9.17) is 0 Å². The van der Waals surface area contributed by atoms with Gasteiger partial charge in [0.2, 0.25) is 5.88 Å². The van der Waals surface area contributed by atoms with E-state index in [9.17, 15) is 13.6 Å². The van der Waals surface area contributed by atoms with E-state index in [1.54, 1.807) is 6.33 Å². The minimum absolute atomic E-state index is 0.232. The van der Waals surface area contributed by atoms with E-state index in [-0.39, 0.29) is 17.4 Å². The average Bonchev–Trinajstić information content (AvgIpc) is 3.01. The highest BCUT2D eigenvalue weighted by Crippen LogP contribution is 2.22. The molecule has 0 spiro atoms. The Bertz CT molecular complexity index is 923. The maximum absolute atomic E-state index is 12.3. The SMILES string of the molecule is CCc1ccc2ncn(C)c2c1CNC(=O)c1ccc(OC(F)F)nc1. The quantitative estimate of drug-likeness (QED) is 0.734. The highest BCUT2D eigenvalue weighted by atomic mass is 19.3. The molecule has 3 rings (SSSR count). The van der Waals surface area contributed by atoms with Gasteiger partial charge in [0.05, 0.1) is 22.9 Å². The molecular formula is C18H18F2N4O2. The number of rotatable bonds is 6. The van der Waals surface area contributed by atoms with Crippen molar-refractivity contribution in [2.24, 2.45) is 7.05 Å². The molecule has 1 amide bonds. The van der Waals surface area contributed by atoms with Crippen molar-refractivity contribution in [3.63, 3.8) is 0 Å². The highest BCUT2D eigenvalue weighted by molar-refractivity contribution is 5.94. The monoisotopic (exact) mass is 360 g/mol. The zero-order valence-corrected chi connectivity index (χ0v) is 14.4. The molecule has 0 radical (unpaired) electrons. The minimum atomic E-state index is -2.95. The summed E-state index contributed by atoms with van der Waals surface area (Å²) in [5.74, 6) is -0.577. The number of fused-ring (bicyclic) bond motifs is 1. The molecule has 0 bridgehead atoms. The molecule has 2 aromatic heterocycles. The van der Waals surface area contributed by atoms with Crippen LogP contribution in [-0.4, -0.2) is 27.1 Å². The lowest BCUT2D eigenvalue weighted by Gasteiger charge is -2.12. The maximum Gasteiger partial charge on any atom is 0.388 e. The molecule has 1 aromatic carbocycles. The zero-order valence-electron chi connectivity index (χ0n) is 14.4. The summed E-state index contributed by atoms with van der Waals surface area (Å²) >= 11 is 0. The van der Waals surface area contributed by atoms with Gasteiger partial charge < -0.3 is 14.6 Å². The predicted molar refractivity (Wildman–Crippen MR) is 92.1 cm³/mol. The Hall–Kier alpha value is -3.03. The summed E-state index contributed by atoms with van der Waals surface area (Å²) < 4.78 is 30.4. The van der Waals surface area contributed by atoms with E-state index in [1.807, 2.05) is 23.7 Å². The number of benzene rings is 1. The fourth-order valence-electron chi connectivity index (χ4n) is 2.84. The van der Waals surface area contributed by atoms with Gasteiger partial charge in [-0.15, -0.1) is 0 Å². The number of nitrogens with one attached hydrogen (secondary N) is 1. The van der Waals surface area contributed by atoms with Crippen molar-refractivity contribution in [1.29, 1.82) is 0 Å². The first kappa shape index (κ1) is 17.8. The zero-order chi connectivity index (χ0) is 18.7. The number of aryl methyl sites for hydroxylation is 2. The smallest absolute Gasteiger partial charge is 0.388 e. The summed E-state index contributed by atoms with van der Waals surface area (Å²) in [7, 11) is 1.91. The molecule has 0 unspecified atom stereocenters. The normalized spacial score (nSPS) is 11.1. The topological polar surface area (TPSA) is 69.0 Å². The van der Waals surface area contributed by atoms with E-state index in [0.717, 1.165) is 28.6 Å². The molecule has 8 heteroatoms. The van der Waals surface area contributed by atoms with Crippen LogP contribution in [0, 0.1) is 0 Å². The van der Waals surface area contributed by atoms with Crippen LogP contribution in [0.5, 0.6) is 5.88 Å². The molecule has 136 valence electrons. The van der Waals surface area contributed by atoms with Gasteiger partial charge in [-0.2, -0.15) is 8.78 Å². The first-order chi connectivity index (χ1) is 12.5. The van der Waals surface area contributed by atoms with Gasteiger partial charge in [-0.05, 0) is 24.1 Å². The van der Waals surface area contributed by atoms with Gasteiger partial charge in [-0.25, -0.2) is 9.97 Å². The van der Waals surface area contributed by atoms with Gasteiger partial charge in [0, 0.05) is 31.4 Å². The summed E-state index contributed by atoms with van der Waals surface area (Å²) in [6.07, 6.45) is 3.77. The Balaban J connectivity index is 1.77. The number of pyridine rings is 1. The minimum Gasteiger partial charge on any atom is -0.417 e. The van der Waals surface area contributed by atoms with Crippen LogP contribution in [0.25, 0.3) is 11.0 Å². The lowest BCUT2D eigenvalue weighted by atomic mass is 10.0. The van der Waals surface area contributed by atoms with Gasteiger partial charge in [0.15, 0.2) is 0 Å². The van der Waals surface area contributed by atoms with Crippen LogP contribution in [0.1, 0.15) is 28.4 Å². The van der Waals surface area contributed by atoms with E-state index in [0.29, 0.717) is 6.54 Å². The molecule has 0 atom stereocenters. The largest absolute Gasteiger partial charge is 0.417 e. The number of halogens is 2. The molecule has 3 aromatic rings. The predicted octanol–water partition coefficient (Wildman–Crippen LogP) is 3.06. The number of nitrogens with zero attached hydrogens (tertiary/aromatic N) is 3. The number of aromatic nitrogens is 3. The molecule has 0 aliphatic rings. The van der Waals surface area contributed by atoms with Crippen molar-refractivity contribution in [2.45, 2.75) is 26.5 Å². The Morgan fingerprint density at radius 3 is 2.73 bits per heavy atom. The van der Waals surface area contributed by atoms with Crippen LogP contribution in [-0.2, 0) is 20.0 Å². The molecule has 0 saturated heterocycles. The summed E-state index contributed by atoms with van der Waals surface area (Å²) in [6, 6.07) is 6.60. The van der Waals surface area contributed by atoms with E-state index < -0.39 is 6.61 Å². The second-order valence-electron chi connectivity index (χ2n) is 5.73. The second-order valence-corrected chi connectivity index (χ2v) is 5.73. The first-order valence-corrected chi connectivity index (χ1v) is 8.10. The molecule has 0 aliphatic carbocycles. The standard InChI is InChI=1S/C18H18F2N4O2/c1-3-11-4-6-14-16(24(2)10-23-14)13(11)9-22-17(25)12-5-7-15(21-8-12)26-18(19)20/h4-8,10,18H,3,9H2,1-2H3,(H,22,25). The summed E-state index contributed by atoms with van der Waals surface area (Å²) in [5, 5.41) is 2.85. The van der Waals surface area contributed by atoms with Gasteiger partial charge in [0.25, 0.3) is 5.91 Å². The number of hydrogen-bond acceptors (Lipinski definition) is 4. The van der Waals surface area contributed by atoms with E-state index in [2.05, 4.69) is 26.9 Å². The summed E-state index contributed by atoms with van der Waals surface area (Å²) in [4.78, 5) is 20.4. The van der Waals surface area contributed by atoms with Gasteiger partial charge in [0.1, 0.15) is 0 Å². The van der Waals surface area contributed by atoms with Crippen LogP contribution in [0.4, 0.5) is 8.78 Å². The average molecular weight is 360 g/mol. The third kappa shape index (κ3) is 3.63. The maximum atomic E-state index is 12.3. The lowest BCUT2D eigenvalue weighted by molar-refractivity contribution is -0.0528. The Kier molecular flexibility index (Phi) is 5.11. The molecule has 0 fully saturated rings. The first-order valence-electron chi connectivity index (χ1n) is 8.10. The Labute approximate surface area is 148 Å². The molecule has 26 heavy (non-hydrogen) atoms. The summed E-state index contributed by atoms with van der Waals surface area (Å²) in [6.45, 7) is -0.572. The van der Waals surface area contributed by atoms with Crippen molar-refractivity contribution < 1.29 is 18.3 Å². The van der Waals surface area contributed by atoms with Crippen LogP contribution < -0.4 is 10.1 Å². The Morgan fingerprint density at radius 1 is 1.27 bits per heavy atom. The van der Waals surface area contributed by atoms with Crippen molar-refractivity contribution in [1.82, 2.24) is 19.9 Å². The van der Waals surface area contributed by atoms with Gasteiger partial charge in [-0.3, -0.25) is 4.79 Å². The molecule has 0 saturated carbocycles. The summed E-state index contributed by atoms with van der Waals surface area (Å²) in [5.41, 5.74) is 4.23. The van der Waals surface area contributed by atoms with Crippen molar-refractivity contribution in [2.75, 3.05) is 0 Å².